The van der Waals surface area contributed by atoms with Crippen molar-refractivity contribution in [2.75, 3.05) is 18.8 Å². The van der Waals surface area contributed by atoms with Crippen molar-refractivity contribution < 1.29 is 23.5 Å². The van der Waals surface area contributed by atoms with Crippen LogP contribution in [0.15, 0.2) is 17.1 Å². The Morgan fingerprint density at radius 1 is 1.58 bits per heavy atom. The second kappa shape index (κ2) is 6.76. The molecular formula is C9H15FN3O5P. The Balaban J connectivity index is 2.72. The van der Waals surface area contributed by atoms with E-state index in [1.54, 1.807) is 0 Å². The molecule has 19 heavy (non-hydrogen) atoms. The van der Waals surface area contributed by atoms with Crippen molar-refractivity contribution in [3.63, 3.8) is 0 Å². The summed E-state index contributed by atoms with van der Waals surface area (Å²) < 4.78 is 29.1. The lowest BCUT2D eigenvalue weighted by Crippen LogP contribution is -2.30. The standard InChI is InChI=1S/C9H15FN3O5P/c10-3-1-7(18-6-19(15,16)17)5-13-4-2-8(11)12-9(13)14/h2,4,7H,1,3,5-6H2,(H2,11,12,14)(H2,15,16,17)/t7-/m1/s1. The van der Waals surface area contributed by atoms with Crippen LogP contribution in [-0.2, 0) is 15.8 Å². The maximum absolute atomic E-state index is 12.3. The maximum atomic E-state index is 12.3. The van der Waals surface area contributed by atoms with E-state index in [1.165, 1.54) is 12.3 Å². The van der Waals surface area contributed by atoms with E-state index in [9.17, 15) is 13.8 Å². The summed E-state index contributed by atoms with van der Waals surface area (Å²) in [5.74, 6) is 0.0550. The Morgan fingerprint density at radius 3 is 2.79 bits per heavy atom. The molecule has 0 unspecified atom stereocenters. The summed E-state index contributed by atoms with van der Waals surface area (Å²) in [7, 11) is -4.34. The van der Waals surface area contributed by atoms with E-state index in [1.807, 2.05) is 0 Å². The fraction of sp³-hybridized carbons (Fsp3) is 0.556. The SMILES string of the molecule is Nc1ccn(C[C@@H](CCF)OCP(=O)(O)O)c(=O)n1. The average Bonchev–Trinajstić information content (AvgIpc) is 2.28. The quantitative estimate of drug-likeness (QED) is 0.589. The maximum Gasteiger partial charge on any atom is 0.350 e. The fourth-order valence-corrected chi connectivity index (χ4v) is 1.76. The molecule has 1 atom stereocenters. The Morgan fingerprint density at radius 2 is 2.26 bits per heavy atom. The minimum Gasteiger partial charge on any atom is -0.383 e. The molecule has 1 aromatic heterocycles. The highest BCUT2D eigenvalue weighted by Gasteiger charge is 2.18. The molecule has 0 aliphatic heterocycles. The number of nitrogens with two attached hydrogens (primary N) is 1. The predicted octanol–water partition coefficient (Wildman–Crippen LogP) is -0.295. The molecule has 10 heteroatoms. The molecule has 0 bridgehead atoms. The summed E-state index contributed by atoms with van der Waals surface area (Å²) in [5, 5.41) is 0. The Hall–Kier alpha value is -1.28. The van der Waals surface area contributed by atoms with E-state index in [-0.39, 0.29) is 18.8 Å². The second-order valence-electron chi connectivity index (χ2n) is 3.85. The van der Waals surface area contributed by atoms with Gasteiger partial charge in [-0.25, -0.2) is 4.79 Å². The first kappa shape index (κ1) is 15.8. The fourth-order valence-electron chi connectivity index (χ4n) is 1.35. The van der Waals surface area contributed by atoms with Gasteiger partial charge in [-0.3, -0.25) is 13.5 Å². The molecule has 0 aliphatic carbocycles. The lowest BCUT2D eigenvalue weighted by Gasteiger charge is -2.18. The average molecular weight is 295 g/mol. The summed E-state index contributed by atoms with van der Waals surface area (Å²) in [6.07, 6.45) is -0.386. The number of hydrogen-bond acceptors (Lipinski definition) is 5. The van der Waals surface area contributed by atoms with Gasteiger partial charge in [0, 0.05) is 12.6 Å². The molecular weight excluding hydrogens is 280 g/mol. The van der Waals surface area contributed by atoms with Gasteiger partial charge in [-0.2, -0.15) is 4.98 Å². The molecule has 108 valence electrons. The van der Waals surface area contributed by atoms with Gasteiger partial charge in [0.1, 0.15) is 12.2 Å². The molecule has 0 fully saturated rings. The molecule has 1 heterocycles. The number of anilines is 1. The van der Waals surface area contributed by atoms with Gasteiger partial charge in [0.2, 0.25) is 0 Å². The van der Waals surface area contributed by atoms with Crippen LogP contribution in [0.3, 0.4) is 0 Å². The van der Waals surface area contributed by atoms with Crippen molar-refractivity contribution >= 4 is 13.4 Å². The summed E-state index contributed by atoms with van der Waals surface area (Å²) in [5.41, 5.74) is 4.68. The van der Waals surface area contributed by atoms with Crippen LogP contribution in [0.1, 0.15) is 6.42 Å². The molecule has 0 spiro atoms. The van der Waals surface area contributed by atoms with Crippen LogP contribution in [0.2, 0.25) is 0 Å². The van der Waals surface area contributed by atoms with Crippen LogP contribution in [0.25, 0.3) is 0 Å². The highest BCUT2D eigenvalue weighted by atomic mass is 31.2. The van der Waals surface area contributed by atoms with Crippen LogP contribution in [0.5, 0.6) is 0 Å². The number of aromatic nitrogens is 2. The summed E-state index contributed by atoms with van der Waals surface area (Å²) in [6, 6.07) is 1.39. The van der Waals surface area contributed by atoms with E-state index < -0.39 is 32.4 Å². The van der Waals surface area contributed by atoms with Gasteiger partial charge in [0.25, 0.3) is 0 Å². The first-order valence-electron chi connectivity index (χ1n) is 5.37. The van der Waals surface area contributed by atoms with Crippen molar-refractivity contribution in [3.05, 3.63) is 22.7 Å². The Kier molecular flexibility index (Phi) is 5.61. The van der Waals surface area contributed by atoms with Crippen LogP contribution >= 0.6 is 7.60 Å². The molecule has 1 aromatic rings. The third-order valence-corrected chi connectivity index (χ3v) is 2.69. The molecule has 0 saturated heterocycles. The summed E-state index contributed by atoms with van der Waals surface area (Å²) in [4.78, 5) is 32.3. The monoisotopic (exact) mass is 295 g/mol. The molecule has 0 saturated carbocycles. The molecule has 8 nitrogen and oxygen atoms in total. The minimum absolute atomic E-state index is 0.0550. The Bertz CT molecular complexity index is 517. The number of rotatable bonds is 7. The van der Waals surface area contributed by atoms with Crippen molar-refractivity contribution in [1.29, 1.82) is 0 Å². The zero-order valence-electron chi connectivity index (χ0n) is 9.98. The predicted molar refractivity (Wildman–Crippen MR) is 65.3 cm³/mol. The summed E-state index contributed by atoms with van der Waals surface area (Å²) in [6.45, 7) is -0.793. The van der Waals surface area contributed by atoms with E-state index >= 15 is 0 Å². The molecule has 0 aliphatic rings. The van der Waals surface area contributed by atoms with E-state index in [0.717, 1.165) is 4.57 Å². The van der Waals surface area contributed by atoms with Gasteiger partial charge in [-0.15, -0.1) is 0 Å². The number of ether oxygens (including phenoxy) is 1. The van der Waals surface area contributed by atoms with Crippen molar-refractivity contribution in [3.8, 4) is 0 Å². The van der Waals surface area contributed by atoms with E-state index in [0.29, 0.717) is 0 Å². The third kappa shape index (κ3) is 5.93. The van der Waals surface area contributed by atoms with Gasteiger partial charge in [0.15, 0.2) is 0 Å². The second-order valence-corrected chi connectivity index (χ2v) is 5.44. The molecule has 1 rings (SSSR count). The molecule has 0 radical (unpaired) electrons. The highest BCUT2D eigenvalue weighted by Crippen LogP contribution is 2.34. The van der Waals surface area contributed by atoms with Gasteiger partial charge >= 0.3 is 13.3 Å². The van der Waals surface area contributed by atoms with Gasteiger partial charge in [-0.1, -0.05) is 0 Å². The number of halogens is 1. The molecule has 4 N–H and O–H groups in total. The van der Waals surface area contributed by atoms with Crippen molar-refractivity contribution in [1.82, 2.24) is 9.55 Å². The normalized spacial score (nSPS) is 13.4. The molecule has 0 amide bonds. The first-order chi connectivity index (χ1) is 8.81. The Labute approximate surface area is 108 Å². The van der Waals surface area contributed by atoms with Crippen LogP contribution in [-0.4, -0.2) is 38.5 Å². The zero-order chi connectivity index (χ0) is 14.5. The smallest absolute Gasteiger partial charge is 0.350 e. The molecule has 0 aromatic carbocycles. The zero-order valence-corrected chi connectivity index (χ0v) is 10.9. The van der Waals surface area contributed by atoms with Crippen molar-refractivity contribution in [2.45, 2.75) is 19.1 Å². The third-order valence-electron chi connectivity index (χ3n) is 2.21. The van der Waals surface area contributed by atoms with E-state index in [4.69, 9.17) is 20.3 Å². The first-order valence-corrected chi connectivity index (χ1v) is 7.16. The summed E-state index contributed by atoms with van der Waals surface area (Å²) >= 11 is 0. The van der Waals surface area contributed by atoms with E-state index in [2.05, 4.69) is 4.98 Å². The number of nitrogens with zero attached hydrogens (tertiary/aromatic N) is 2. The topological polar surface area (TPSA) is 128 Å². The number of alkyl halides is 1. The van der Waals surface area contributed by atoms with Crippen LogP contribution in [0, 0.1) is 0 Å². The lowest BCUT2D eigenvalue weighted by molar-refractivity contribution is 0.0503. The van der Waals surface area contributed by atoms with Gasteiger partial charge < -0.3 is 20.3 Å². The van der Waals surface area contributed by atoms with Crippen LogP contribution < -0.4 is 11.4 Å². The minimum atomic E-state index is -4.34. The number of nitrogen functional groups attached to an aromatic ring is 1. The van der Waals surface area contributed by atoms with Gasteiger partial charge in [0.05, 0.1) is 19.3 Å². The van der Waals surface area contributed by atoms with Crippen LogP contribution in [0.4, 0.5) is 10.2 Å². The van der Waals surface area contributed by atoms with Crippen molar-refractivity contribution in [2.24, 2.45) is 0 Å². The van der Waals surface area contributed by atoms with Gasteiger partial charge in [-0.05, 0) is 6.07 Å². The highest BCUT2D eigenvalue weighted by molar-refractivity contribution is 7.51. The largest absolute Gasteiger partial charge is 0.383 e. The lowest BCUT2D eigenvalue weighted by atomic mass is 10.2. The number of hydrogen-bond donors (Lipinski definition) is 3.